The van der Waals surface area contributed by atoms with Crippen molar-refractivity contribution in [1.82, 2.24) is 9.88 Å². The third-order valence-corrected chi connectivity index (χ3v) is 8.78. The standard InChI is InChI=1S/C38H46BrN3/c1-6-24-41(25-12-14-29(2)31(4)26-33-15-8-7-9-16-33)28-34-18-20-36(21-19-34)42(38-17-11-10-13-30(38)3)32(5)37-27-35(39)22-23-40-37/h7-11,13,15-23,27,29,31H,5-6,12,14,24-26,28H2,1-4H3. The van der Waals surface area contributed by atoms with Crippen LogP contribution in [0.1, 0.15) is 62.4 Å². The molecule has 0 aliphatic carbocycles. The fraction of sp³-hybridized carbons (Fsp3) is 0.342. The number of anilines is 2. The van der Waals surface area contributed by atoms with Gasteiger partial charge in [-0.25, -0.2) is 0 Å². The number of nitrogens with zero attached hydrogens (tertiary/aromatic N) is 3. The Morgan fingerprint density at radius 1 is 0.857 bits per heavy atom. The molecule has 0 radical (unpaired) electrons. The van der Waals surface area contributed by atoms with E-state index in [1.807, 2.05) is 18.3 Å². The number of hydrogen-bond donors (Lipinski definition) is 0. The highest BCUT2D eigenvalue weighted by atomic mass is 79.9. The first kappa shape index (κ1) is 31.7. The Labute approximate surface area is 262 Å². The fourth-order valence-corrected chi connectivity index (χ4v) is 5.97. The average Bonchev–Trinajstić information content (AvgIpc) is 2.99. The van der Waals surface area contributed by atoms with Gasteiger partial charge in [-0.15, -0.1) is 0 Å². The third-order valence-electron chi connectivity index (χ3n) is 8.29. The van der Waals surface area contributed by atoms with Gasteiger partial charge in [0.05, 0.1) is 11.4 Å². The lowest BCUT2D eigenvalue weighted by molar-refractivity contribution is 0.245. The molecule has 3 nitrogen and oxygen atoms in total. The molecule has 1 heterocycles. The summed E-state index contributed by atoms with van der Waals surface area (Å²) in [6.45, 7) is 17.0. The second kappa shape index (κ2) is 15.9. The van der Waals surface area contributed by atoms with Crippen LogP contribution in [0, 0.1) is 18.8 Å². The first-order valence-corrected chi connectivity index (χ1v) is 16.2. The SMILES string of the molecule is C=C(c1cc(Br)ccn1)N(c1ccc(CN(CCC)CCCC(C)C(C)Cc2ccccc2)cc1)c1ccccc1C. The van der Waals surface area contributed by atoms with E-state index in [-0.39, 0.29) is 0 Å². The van der Waals surface area contributed by atoms with E-state index in [1.165, 1.54) is 36.0 Å². The second-order valence-electron chi connectivity index (χ2n) is 11.7. The van der Waals surface area contributed by atoms with Crippen molar-refractivity contribution in [3.8, 4) is 0 Å². The van der Waals surface area contributed by atoms with E-state index in [0.29, 0.717) is 11.8 Å². The van der Waals surface area contributed by atoms with Gasteiger partial charge in [-0.05, 0) is 105 Å². The summed E-state index contributed by atoms with van der Waals surface area (Å²) in [5.74, 6) is 1.41. The second-order valence-corrected chi connectivity index (χ2v) is 12.6. The number of halogens is 1. The zero-order valence-corrected chi connectivity index (χ0v) is 27.4. The summed E-state index contributed by atoms with van der Waals surface area (Å²) in [6, 6.07) is 32.3. The number of hydrogen-bond acceptors (Lipinski definition) is 3. The number of benzene rings is 3. The summed E-state index contributed by atoms with van der Waals surface area (Å²) in [7, 11) is 0. The molecule has 4 heteroatoms. The molecule has 4 rings (SSSR count). The van der Waals surface area contributed by atoms with Crippen molar-refractivity contribution in [3.05, 3.63) is 131 Å². The lowest BCUT2D eigenvalue weighted by atomic mass is 9.86. The molecule has 2 unspecified atom stereocenters. The molecule has 0 fully saturated rings. The van der Waals surface area contributed by atoms with E-state index >= 15 is 0 Å². The molecule has 0 saturated heterocycles. The van der Waals surface area contributed by atoms with Gasteiger partial charge < -0.3 is 4.90 Å². The van der Waals surface area contributed by atoms with Crippen LogP contribution in [0.4, 0.5) is 11.4 Å². The minimum atomic E-state index is 0.692. The highest BCUT2D eigenvalue weighted by Crippen LogP contribution is 2.36. The average molecular weight is 625 g/mol. The molecule has 0 aliphatic heterocycles. The maximum Gasteiger partial charge on any atom is 0.0875 e. The van der Waals surface area contributed by atoms with E-state index in [4.69, 9.17) is 0 Å². The van der Waals surface area contributed by atoms with Gasteiger partial charge in [0.1, 0.15) is 0 Å². The summed E-state index contributed by atoms with van der Waals surface area (Å²) in [6.07, 6.45) is 6.65. The van der Waals surface area contributed by atoms with E-state index < -0.39 is 0 Å². The molecule has 220 valence electrons. The van der Waals surface area contributed by atoms with Crippen LogP contribution < -0.4 is 4.90 Å². The Bertz CT molecular complexity index is 1400. The van der Waals surface area contributed by atoms with Gasteiger partial charge in [-0.2, -0.15) is 0 Å². The maximum atomic E-state index is 4.61. The normalized spacial score (nSPS) is 12.7. The van der Waals surface area contributed by atoms with Crippen molar-refractivity contribution >= 4 is 33.0 Å². The zero-order valence-electron chi connectivity index (χ0n) is 25.8. The number of para-hydroxylation sites is 1. The van der Waals surface area contributed by atoms with Crippen molar-refractivity contribution in [2.24, 2.45) is 11.8 Å². The van der Waals surface area contributed by atoms with Crippen molar-refractivity contribution < 1.29 is 0 Å². The number of aryl methyl sites for hydroxylation is 1. The number of pyridine rings is 1. The molecule has 0 aliphatic rings. The quantitative estimate of drug-likeness (QED) is 0.131. The maximum absolute atomic E-state index is 4.61. The monoisotopic (exact) mass is 623 g/mol. The summed E-state index contributed by atoms with van der Waals surface area (Å²) in [4.78, 5) is 9.45. The van der Waals surface area contributed by atoms with Gasteiger partial charge in [-0.3, -0.25) is 9.88 Å². The molecule has 2 atom stereocenters. The number of rotatable bonds is 15. The highest BCUT2D eigenvalue weighted by molar-refractivity contribution is 9.10. The van der Waals surface area contributed by atoms with Gasteiger partial charge in [0.2, 0.25) is 0 Å². The van der Waals surface area contributed by atoms with Crippen molar-refractivity contribution in [1.29, 1.82) is 0 Å². The minimum Gasteiger partial charge on any atom is -0.309 e. The van der Waals surface area contributed by atoms with Crippen LogP contribution in [0.15, 0.2) is 108 Å². The Hall–Kier alpha value is -3.21. The Balaban J connectivity index is 1.42. The Morgan fingerprint density at radius 3 is 2.26 bits per heavy atom. The van der Waals surface area contributed by atoms with Gasteiger partial charge in [0.25, 0.3) is 0 Å². The summed E-state index contributed by atoms with van der Waals surface area (Å²) in [5.41, 5.74) is 7.88. The molecule has 0 amide bonds. The van der Waals surface area contributed by atoms with Crippen LogP contribution in [0.2, 0.25) is 0 Å². The van der Waals surface area contributed by atoms with Crippen LogP contribution in [0.5, 0.6) is 0 Å². The Morgan fingerprint density at radius 2 is 1.57 bits per heavy atom. The molecule has 0 bridgehead atoms. The van der Waals surface area contributed by atoms with Gasteiger partial charge >= 0.3 is 0 Å². The zero-order chi connectivity index (χ0) is 29.9. The van der Waals surface area contributed by atoms with Crippen LogP contribution in [-0.2, 0) is 13.0 Å². The Kier molecular flexibility index (Phi) is 12.0. The van der Waals surface area contributed by atoms with Crippen molar-refractivity contribution in [3.63, 3.8) is 0 Å². The molecule has 1 aromatic heterocycles. The highest BCUT2D eigenvalue weighted by Gasteiger charge is 2.18. The third kappa shape index (κ3) is 8.89. The molecular formula is C38H46BrN3. The topological polar surface area (TPSA) is 19.4 Å². The van der Waals surface area contributed by atoms with E-state index in [9.17, 15) is 0 Å². The summed E-state index contributed by atoms with van der Waals surface area (Å²) in [5, 5.41) is 0. The molecule has 42 heavy (non-hydrogen) atoms. The first-order valence-electron chi connectivity index (χ1n) is 15.4. The molecule has 0 N–H and O–H groups in total. The molecule has 3 aromatic carbocycles. The number of aromatic nitrogens is 1. The van der Waals surface area contributed by atoms with E-state index in [2.05, 4.69) is 144 Å². The molecule has 4 aromatic rings. The van der Waals surface area contributed by atoms with Crippen LogP contribution in [0.3, 0.4) is 0 Å². The largest absolute Gasteiger partial charge is 0.309 e. The predicted molar refractivity (Wildman–Crippen MR) is 184 cm³/mol. The first-order chi connectivity index (χ1) is 20.4. The molecular weight excluding hydrogens is 578 g/mol. The van der Waals surface area contributed by atoms with Gasteiger partial charge in [0.15, 0.2) is 0 Å². The van der Waals surface area contributed by atoms with Gasteiger partial charge in [0, 0.05) is 28.6 Å². The minimum absolute atomic E-state index is 0.692. The predicted octanol–water partition coefficient (Wildman–Crippen LogP) is 10.5. The van der Waals surface area contributed by atoms with Crippen LogP contribution >= 0.6 is 15.9 Å². The van der Waals surface area contributed by atoms with E-state index in [1.54, 1.807) is 0 Å². The van der Waals surface area contributed by atoms with Crippen LogP contribution in [0.25, 0.3) is 5.70 Å². The smallest absolute Gasteiger partial charge is 0.0875 e. The summed E-state index contributed by atoms with van der Waals surface area (Å²) < 4.78 is 0.991. The van der Waals surface area contributed by atoms with E-state index in [0.717, 1.165) is 53.3 Å². The van der Waals surface area contributed by atoms with Crippen LogP contribution in [-0.4, -0.2) is 23.0 Å². The van der Waals surface area contributed by atoms with Crippen molar-refractivity contribution in [2.45, 2.75) is 59.9 Å². The lowest BCUT2D eigenvalue weighted by Crippen LogP contribution is -2.26. The van der Waals surface area contributed by atoms with Gasteiger partial charge in [-0.1, -0.05) is 104 Å². The molecule has 0 spiro atoms. The summed E-state index contributed by atoms with van der Waals surface area (Å²) >= 11 is 3.59. The van der Waals surface area contributed by atoms with Crippen molar-refractivity contribution in [2.75, 3.05) is 18.0 Å². The molecule has 0 saturated carbocycles. The fourth-order valence-electron chi connectivity index (χ4n) is 5.63. The lowest BCUT2D eigenvalue weighted by Gasteiger charge is -2.29.